The second kappa shape index (κ2) is 6.21. The summed E-state index contributed by atoms with van der Waals surface area (Å²) in [5.74, 6) is -0.673. The van der Waals surface area contributed by atoms with E-state index in [4.69, 9.17) is 0 Å². The molecule has 0 fully saturated rings. The zero-order chi connectivity index (χ0) is 18.2. The van der Waals surface area contributed by atoms with Gasteiger partial charge < -0.3 is 0 Å². The van der Waals surface area contributed by atoms with Crippen molar-refractivity contribution in [1.82, 2.24) is 9.78 Å². The van der Waals surface area contributed by atoms with Crippen LogP contribution in [0.5, 0.6) is 0 Å². The average Bonchev–Trinajstić information content (AvgIpc) is 2.95. The summed E-state index contributed by atoms with van der Waals surface area (Å²) in [6, 6.07) is 10.2. The molecule has 0 saturated heterocycles. The molecule has 1 heterocycles. The molecule has 3 aromatic rings. The van der Waals surface area contributed by atoms with Gasteiger partial charge in [-0.15, -0.1) is 0 Å². The fraction of sp³-hybridized carbons (Fsp3) is 0.118. The number of anilines is 1. The SMILES string of the molecule is Cc1ccc(C)c(S(=O)(=O)Nc2ccc(-n3ccc(=O)[nH]3)c(F)c2)c1. The quantitative estimate of drug-likeness (QED) is 0.749. The van der Waals surface area contributed by atoms with Crippen LogP contribution in [0.4, 0.5) is 10.1 Å². The number of hydrogen-bond donors (Lipinski definition) is 2. The number of rotatable bonds is 4. The minimum atomic E-state index is -3.84. The Bertz CT molecular complexity index is 1100. The highest BCUT2D eigenvalue weighted by molar-refractivity contribution is 7.92. The van der Waals surface area contributed by atoms with Crippen molar-refractivity contribution in [2.45, 2.75) is 18.7 Å². The molecule has 0 atom stereocenters. The number of halogens is 1. The van der Waals surface area contributed by atoms with Gasteiger partial charge in [0, 0.05) is 18.3 Å². The smallest absolute Gasteiger partial charge is 0.264 e. The molecule has 2 aromatic carbocycles. The van der Waals surface area contributed by atoms with E-state index in [0.29, 0.717) is 5.56 Å². The van der Waals surface area contributed by atoms with E-state index in [-0.39, 0.29) is 21.8 Å². The summed E-state index contributed by atoms with van der Waals surface area (Å²) >= 11 is 0. The molecule has 0 aliphatic carbocycles. The van der Waals surface area contributed by atoms with Gasteiger partial charge in [-0.3, -0.25) is 19.3 Å². The second-order valence-electron chi connectivity index (χ2n) is 5.70. The number of aryl methyl sites for hydroxylation is 2. The first-order valence-corrected chi connectivity index (χ1v) is 8.92. The van der Waals surface area contributed by atoms with Gasteiger partial charge in [-0.1, -0.05) is 12.1 Å². The van der Waals surface area contributed by atoms with Gasteiger partial charge >= 0.3 is 0 Å². The first-order chi connectivity index (χ1) is 11.8. The number of H-pyrrole nitrogens is 1. The normalized spacial score (nSPS) is 11.5. The Labute approximate surface area is 144 Å². The van der Waals surface area contributed by atoms with Crippen LogP contribution in [-0.2, 0) is 10.0 Å². The van der Waals surface area contributed by atoms with Crippen molar-refractivity contribution < 1.29 is 12.8 Å². The maximum absolute atomic E-state index is 14.3. The Morgan fingerprint density at radius 1 is 1.08 bits per heavy atom. The molecule has 0 aliphatic rings. The average molecular weight is 361 g/mol. The van der Waals surface area contributed by atoms with Crippen molar-refractivity contribution in [3.63, 3.8) is 0 Å². The highest BCUT2D eigenvalue weighted by atomic mass is 32.2. The lowest BCUT2D eigenvalue weighted by Crippen LogP contribution is -2.15. The Morgan fingerprint density at radius 2 is 1.84 bits per heavy atom. The van der Waals surface area contributed by atoms with Crippen LogP contribution in [0.1, 0.15) is 11.1 Å². The van der Waals surface area contributed by atoms with Gasteiger partial charge in [0.15, 0.2) is 5.82 Å². The zero-order valence-corrected chi connectivity index (χ0v) is 14.4. The third-order valence-corrected chi connectivity index (χ3v) is 5.22. The largest absolute Gasteiger partial charge is 0.280 e. The summed E-state index contributed by atoms with van der Waals surface area (Å²) in [4.78, 5) is 11.3. The molecule has 2 N–H and O–H groups in total. The Morgan fingerprint density at radius 3 is 2.48 bits per heavy atom. The summed E-state index contributed by atoms with van der Waals surface area (Å²) in [5.41, 5.74) is 1.25. The molecule has 0 unspecified atom stereocenters. The van der Waals surface area contributed by atoms with Gasteiger partial charge in [-0.25, -0.2) is 12.8 Å². The molecule has 3 rings (SSSR count). The molecule has 25 heavy (non-hydrogen) atoms. The number of nitrogens with one attached hydrogen (secondary N) is 2. The molecule has 8 heteroatoms. The standard InChI is InChI=1S/C17H16FN3O3S/c1-11-3-4-12(2)16(9-11)25(23,24)20-13-5-6-15(14(18)10-13)21-8-7-17(22)19-21/h3-10,20H,1-2H3,(H,19,22). The van der Waals surface area contributed by atoms with Crippen LogP contribution in [0.15, 0.2) is 58.4 Å². The summed E-state index contributed by atoms with van der Waals surface area (Å²) in [6.07, 6.45) is 1.39. The van der Waals surface area contributed by atoms with E-state index >= 15 is 0 Å². The van der Waals surface area contributed by atoms with Crippen LogP contribution in [0, 0.1) is 19.7 Å². The van der Waals surface area contributed by atoms with Crippen LogP contribution >= 0.6 is 0 Å². The Balaban J connectivity index is 1.94. The zero-order valence-electron chi connectivity index (χ0n) is 13.6. The van der Waals surface area contributed by atoms with E-state index in [1.54, 1.807) is 26.0 Å². The molecule has 0 radical (unpaired) electrons. The molecule has 130 valence electrons. The fourth-order valence-corrected chi connectivity index (χ4v) is 3.83. The lowest BCUT2D eigenvalue weighted by molar-refractivity contribution is 0.600. The topological polar surface area (TPSA) is 84.0 Å². The highest BCUT2D eigenvalue weighted by Gasteiger charge is 2.18. The molecule has 1 aromatic heterocycles. The van der Waals surface area contributed by atoms with Gasteiger partial charge in [-0.2, -0.15) is 0 Å². The fourth-order valence-electron chi connectivity index (χ4n) is 2.45. The maximum Gasteiger partial charge on any atom is 0.264 e. The van der Waals surface area contributed by atoms with E-state index in [2.05, 4.69) is 9.82 Å². The summed E-state index contributed by atoms with van der Waals surface area (Å²) in [5, 5.41) is 2.42. The van der Waals surface area contributed by atoms with Crippen molar-refractivity contribution in [2.75, 3.05) is 4.72 Å². The number of aromatic nitrogens is 2. The van der Waals surface area contributed by atoms with E-state index in [1.807, 2.05) is 6.07 Å². The Kier molecular flexibility index (Phi) is 4.22. The van der Waals surface area contributed by atoms with Crippen molar-refractivity contribution >= 4 is 15.7 Å². The first-order valence-electron chi connectivity index (χ1n) is 7.44. The third kappa shape index (κ3) is 3.48. The van der Waals surface area contributed by atoms with Crippen molar-refractivity contribution in [3.8, 4) is 5.69 Å². The van der Waals surface area contributed by atoms with Crippen LogP contribution in [0.3, 0.4) is 0 Å². The van der Waals surface area contributed by atoms with Crippen molar-refractivity contribution in [3.05, 3.63) is 76.0 Å². The molecule has 0 saturated carbocycles. The monoisotopic (exact) mass is 361 g/mol. The molecule has 0 spiro atoms. The van der Waals surface area contributed by atoms with Gasteiger partial charge in [-0.05, 0) is 43.2 Å². The van der Waals surface area contributed by atoms with Crippen molar-refractivity contribution in [2.24, 2.45) is 0 Å². The number of hydrogen-bond acceptors (Lipinski definition) is 3. The first kappa shape index (κ1) is 17.0. The minimum absolute atomic E-state index is 0.0941. The predicted molar refractivity (Wildman–Crippen MR) is 93.1 cm³/mol. The van der Waals surface area contributed by atoms with Gasteiger partial charge in [0.2, 0.25) is 0 Å². The molecule has 0 aliphatic heterocycles. The van der Waals surface area contributed by atoms with E-state index in [1.165, 1.54) is 29.1 Å². The molecule has 6 nitrogen and oxygen atoms in total. The van der Waals surface area contributed by atoms with E-state index < -0.39 is 15.8 Å². The lowest BCUT2D eigenvalue weighted by Gasteiger charge is -2.12. The van der Waals surface area contributed by atoms with Crippen LogP contribution in [0.25, 0.3) is 5.69 Å². The van der Waals surface area contributed by atoms with Gasteiger partial charge in [0.1, 0.15) is 0 Å². The molecular weight excluding hydrogens is 345 g/mol. The van der Waals surface area contributed by atoms with Crippen LogP contribution in [0.2, 0.25) is 0 Å². The second-order valence-corrected chi connectivity index (χ2v) is 7.35. The van der Waals surface area contributed by atoms with Crippen molar-refractivity contribution in [1.29, 1.82) is 0 Å². The summed E-state index contributed by atoms with van der Waals surface area (Å²) in [7, 11) is -3.84. The highest BCUT2D eigenvalue weighted by Crippen LogP contribution is 2.23. The maximum atomic E-state index is 14.3. The minimum Gasteiger partial charge on any atom is -0.280 e. The van der Waals surface area contributed by atoms with Gasteiger partial charge in [0.05, 0.1) is 16.3 Å². The number of nitrogens with zero attached hydrogens (tertiary/aromatic N) is 1. The molecule has 0 amide bonds. The lowest BCUT2D eigenvalue weighted by atomic mass is 10.2. The number of benzene rings is 2. The van der Waals surface area contributed by atoms with E-state index in [9.17, 15) is 17.6 Å². The number of aromatic amines is 1. The van der Waals surface area contributed by atoms with Crippen LogP contribution < -0.4 is 10.3 Å². The van der Waals surface area contributed by atoms with E-state index in [0.717, 1.165) is 11.6 Å². The number of sulfonamides is 1. The predicted octanol–water partition coefficient (Wildman–Crippen LogP) is 2.72. The third-order valence-electron chi connectivity index (χ3n) is 3.70. The Hall–Kier alpha value is -2.87. The molecular formula is C17H16FN3O3S. The summed E-state index contributed by atoms with van der Waals surface area (Å²) in [6.45, 7) is 3.49. The summed E-state index contributed by atoms with van der Waals surface area (Å²) < 4.78 is 43.0. The van der Waals surface area contributed by atoms with Crippen LogP contribution in [-0.4, -0.2) is 18.2 Å². The molecule has 0 bridgehead atoms. The van der Waals surface area contributed by atoms with Gasteiger partial charge in [0.25, 0.3) is 15.6 Å².